The van der Waals surface area contributed by atoms with Gasteiger partial charge in [-0.25, -0.2) is 4.79 Å². The van der Waals surface area contributed by atoms with Crippen LogP contribution in [0.3, 0.4) is 0 Å². The van der Waals surface area contributed by atoms with Crippen LogP contribution < -0.4 is 4.74 Å². The summed E-state index contributed by atoms with van der Waals surface area (Å²) in [7, 11) is 2.03. The zero-order chi connectivity index (χ0) is 32.1. The number of hydrogen-bond acceptors (Lipinski definition) is 6. The minimum Gasteiger partial charge on any atom is -0.488 e. The fourth-order valence-corrected chi connectivity index (χ4v) is 6.30. The summed E-state index contributed by atoms with van der Waals surface area (Å²) in [6, 6.07) is 22.3. The molecule has 7 nitrogen and oxygen atoms in total. The number of fused-ring (bicyclic) bond motifs is 1. The molecule has 0 spiro atoms. The summed E-state index contributed by atoms with van der Waals surface area (Å²) in [5, 5.41) is 9.32. The molecular formula is C36H37F3N4O3. The Labute approximate surface area is 267 Å². The molecule has 0 unspecified atom stereocenters. The molecule has 1 aliphatic carbocycles. The monoisotopic (exact) mass is 630 g/mol. The fourth-order valence-electron chi connectivity index (χ4n) is 6.30. The number of halogens is 3. The van der Waals surface area contributed by atoms with Gasteiger partial charge in [-0.3, -0.25) is 0 Å². The minimum atomic E-state index is -4.51. The lowest BCUT2D eigenvalue weighted by Crippen LogP contribution is -2.55. The van der Waals surface area contributed by atoms with Crippen molar-refractivity contribution in [1.29, 1.82) is 0 Å². The summed E-state index contributed by atoms with van der Waals surface area (Å²) in [6.45, 7) is 2.25. The Balaban J connectivity index is 1.29. The van der Waals surface area contributed by atoms with Crippen LogP contribution in [-0.4, -0.2) is 58.8 Å². The van der Waals surface area contributed by atoms with Crippen LogP contribution in [0.5, 0.6) is 5.75 Å². The lowest BCUT2D eigenvalue weighted by Gasteiger charge is -2.39. The lowest BCUT2D eigenvalue weighted by molar-refractivity contribution is -0.137. The molecule has 6 rings (SSSR count). The summed E-state index contributed by atoms with van der Waals surface area (Å²) in [5.74, 6) is 0.120. The number of benzene rings is 3. The van der Waals surface area contributed by atoms with E-state index in [9.17, 15) is 18.0 Å². The van der Waals surface area contributed by atoms with Gasteiger partial charge in [0.15, 0.2) is 0 Å². The number of alkyl halides is 3. The lowest BCUT2D eigenvalue weighted by atomic mass is 9.86. The molecule has 0 saturated carbocycles. The molecule has 0 radical (unpaired) electrons. The van der Waals surface area contributed by atoms with Gasteiger partial charge in [0.05, 0.1) is 17.3 Å². The summed E-state index contributed by atoms with van der Waals surface area (Å²) >= 11 is 0. The van der Waals surface area contributed by atoms with E-state index < -0.39 is 11.7 Å². The van der Waals surface area contributed by atoms with Gasteiger partial charge in [-0.2, -0.15) is 18.3 Å². The number of amides is 1. The van der Waals surface area contributed by atoms with Gasteiger partial charge in [0.2, 0.25) is 0 Å². The highest BCUT2D eigenvalue weighted by atomic mass is 19.4. The molecule has 4 aromatic rings. The Kier molecular flexibility index (Phi) is 9.53. The van der Waals surface area contributed by atoms with Crippen LogP contribution in [0.15, 0.2) is 78.9 Å². The Morgan fingerprint density at radius 2 is 1.54 bits per heavy atom. The van der Waals surface area contributed by atoms with Crippen molar-refractivity contribution in [2.45, 2.75) is 57.5 Å². The fraction of sp³-hybridized carbons (Fsp3) is 0.361. The van der Waals surface area contributed by atoms with Crippen molar-refractivity contribution < 1.29 is 27.4 Å². The van der Waals surface area contributed by atoms with E-state index in [0.717, 1.165) is 72.3 Å². The summed E-state index contributed by atoms with van der Waals surface area (Å²) < 4.78 is 53.0. The zero-order valence-corrected chi connectivity index (χ0v) is 25.8. The SMILES string of the molecule is CN1CCN(C(=O)OCc2ccccc2)[C@@H](Cc2nnc(-c3ccc(C(F)(F)F)cc3OCc3ccccc3)c3c2CCCC3)C1. The second kappa shape index (κ2) is 13.9. The Morgan fingerprint density at radius 1 is 0.870 bits per heavy atom. The van der Waals surface area contributed by atoms with E-state index >= 15 is 0 Å². The standard InChI is InChI=1S/C36H37F3N4O3/c1-42-18-19-43(35(44)46-24-26-12-6-3-7-13-26)28(22-42)21-32-29-14-8-9-15-30(29)34(41-40-32)31-17-16-27(36(37,38)39)20-33(31)45-23-25-10-4-2-5-11-25/h2-7,10-13,16-17,20,28H,8-9,14-15,18-19,21-24H2,1H3/t28-/m0/s1. The number of carbonyl (C=O) groups is 1. The molecule has 46 heavy (non-hydrogen) atoms. The van der Waals surface area contributed by atoms with E-state index in [1.807, 2.05) is 67.7 Å². The van der Waals surface area contributed by atoms with Crippen molar-refractivity contribution in [2.75, 3.05) is 26.7 Å². The van der Waals surface area contributed by atoms with E-state index in [1.165, 1.54) is 6.07 Å². The topological polar surface area (TPSA) is 67.8 Å². The molecule has 3 aromatic carbocycles. The molecule has 1 atom stereocenters. The average Bonchev–Trinajstić information content (AvgIpc) is 3.07. The molecule has 1 amide bonds. The molecule has 240 valence electrons. The minimum absolute atomic E-state index is 0.119. The summed E-state index contributed by atoms with van der Waals surface area (Å²) in [4.78, 5) is 17.2. The van der Waals surface area contributed by atoms with E-state index in [4.69, 9.17) is 9.47 Å². The van der Waals surface area contributed by atoms with Gasteiger partial charge in [0.25, 0.3) is 0 Å². The first kappa shape index (κ1) is 31.5. The molecule has 1 saturated heterocycles. The first-order valence-corrected chi connectivity index (χ1v) is 15.7. The van der Waals surface area contributed by atoms with Crippen LogP contribution in [0.4, 0.5) is 18.0 Å². The van der Waals surface area contributed by atoms with E-state index in [2.05, 4.69) is 15.1 Å². The number of likely N-dealkylation sites (N-methyl/N-ethyl adjacent to an activating group) is 1. The quantitative estimate of drug-likeness (QED) is 0.207. The Hall–Kier alpha value is -4.44. The van der Waals surface area contributed by atoms with Crippen molar-refractivity contribution in [2.24, 2.45) is 0 Å². The van der Waals surface area contributed by atoms with Crippen molar-refractivity contribution >= 4 is 6.09 Å². The van der Waals surface area contributed by atoms with E-state index in [-0.39, 0.29) is 31.1 Å². The smallest absolute Gasteiger partial charge is 0.416 e. The first-order chi connectivity index (χ1) is 22.3. The maximum Gasteiger partial charge on any atom is 0.416 e. The summed E-state index contributed by atoms with van der Waals surface area (Å²) in [6.07, 6.45) is -0.927. The highest BCUT2D eigenvalue weighted by Gasteiger charge is 2.34. The largest absolute Gasteiger partial charge is 0.488 e. The van der Waals surface area contributed by atoms with Gasteiger partial charge in [-0.05, 0) is 73.2 Å². The van der Waals surface area contributed by atoms with Crippen LogP contribution >= 0.6 is 0 Å². The first-order valence-electron chi connectivity index (χ1n) is 15.7. The predicted molar refractivity (Wildman–Crippen MR) is 168 cm³/mol. The molecule has 2 aliphatic rings. The normalized spacial score (nSPS) is 17.0. The third-order valence-electron chi connectivity index (χ3n) is 8.73. The molecule has 0 N–H and O–H groups in total. The Morgan fingerprint density at radius 3 is 2.24 bits per heavy atom. The van der Waals surface area contributed by atoms with Crippen LogP contribution in [0.25, 0.3) is 11.3 Å². The number of aromatic nitrogens is 2. The van der Waals surface area contributed by atoms with E-state index in [0.29, 0.717) is 30.8 Å². The van der Waals surface area contributed by atoms with E-state index in [1.54, 1.807) is 4.90 Å². The molecule has 0 bridgehead atoms. The van der Waals surface area contributed by atoms with Crippen LogP contribution in [0.1, 0.15) is 46.4 Å². The molecule has 1 aromatic heterocycles. The van der Waals surface area contributed by atoms with Gasteiger partial charge in [0.1, 0.15) is 24.7 Å². The highest BCUT2D eigenvalue weighted by Crippen LogP contribution is 2.40. The van der Waals surface area contributed by atoms with Crippen LogP contribution in [0.2, 0.25) is 0 Å². The van der Waals surface area contributed by atoms with Crippen molar-refractivity contribution in [3.8, 4) is 17.0 Å². The second-order valence-corrected chi connectivity index (χ2v) is 12.0. The third kappa shape index (κ3) is 7.33. The van der Waals surface area contributed by atoms with Crippen molar-refractivity contribution in [1.82, 2.24) is 20.0 Å². The van der Waals surface area contributed by atoms with Crippen molar-refractivity contribution in [3.63, 3.8) is 0 Å². The molecule has 1 fully saturated rings. The number of piperazine rings is 1. The second-order valence-electron chi connectivity index (χ2n) is 12.0. The van der Waals surface area contributed by atoms with Gasteiger partial charge >= 0.3 is 12.3 Å². The van der Waals surface area contributed by atoms with Crippen LogP contribution in [0, 0.1) is 0 Å². The maximum atomic E-state index is 13.7. The van der Waals surface area contributed by atoms with Gasteiger partial charge in [-0.1, -0.05) is 60.7 Å². The third-order valence-corrected chi connectivity index (χ3v) is 8.73. The van der Waals surface area contributed by atoms with Gasteiger partial charge < -0.3 is 19.3 Å². The van der Waals surface area contributed by atoms with Gasteiger partial charge in [0, 0.05) is 31.6 Å². The molecular weight excluding hydrogens is 593 g/mol. The van der Waals surface area contributed by atoms with Crippen LogP contribution in [-0.2, 0) is 43.4 Å². The zero-order valence-electron chi connectivity index (χ0n) is 25.8. The Bertz CT molecular complexity index is 1650. The number of rotatable bonds is 8. The number of nitrogens with zero attached hydrogens (tertiary/aromatic N) is 4. The number of ether oxygens (including phenoxy) is 2. The maximum absolute atomic E-state index is 13.7. The molecule has 10 heteroatoms. The molecule has 1 aliphatic heterocycles. The predicted octanol–water partition coefficient (Wildman–Crippen LogP) is 7.12. The summed E-state index contributed by atoms with van der Waals surface area (Å²) in [5.41, 5.74) is 4.90. The average molecular weight is 631 g/mol. The number of hydrogen-bond donors (Lipinski definition) is 0. The highest BCUT2D eigenvalue weighted by molar-refractivity contribution is 5.72. The van der Waals surface area contributed by atoms with Gasteiger partial charge in [-0.15, -0.1) is 5.10 Å². The van der Waals surface area contributed by atoms with Crippen molar-refractivity contribution in [3.05, 3.63) is 112 Å². The number of carbonyl (C=O) groups excluding carboxylic acids is 1. The molecule has 2 heterocycles.